The number of hydrogen-bond donors (Lipinski definition) is 4. The number of aromatic nitrogens is 1. The van der Waals surface area contributed by atoms with Gasteiger partial charge in [-0.05, 0) is 82.8 Å². The van der Waals surface area contributed by atoms with E-state index < -0.39 is 0 Å². The highest BCUT2D eigenvalue weighted by atomic mass is 35.5. The van der Waals surface area contributed by atoms with E-state index in [-0.39, 0.29) is 36.2 Å². The topological polar surface area (TPSA) is 95.2 Å². The lowest BCUT2D eigenvalue weighted by atomic mass is 9.89. The SMILES string of the molecule is CC(=O)c1ccc(OCC2CC2)c(C2NC(C)=C(C(=O)NC3CCNCC3)c3[nH]ccc32)c1.Cl. The number of Topliss-reactive ketones (excluding diaryl/α,β-unsaturated/α-hetero) is 1. The number of allylic oxidation sites excluding steroid dienone is 1. The van der Waals surface area contributed by atoms with Gasteiger partial charge in [0.25, 0.3) is 5.91 Å². The summed E-state index contributed by atoms with van der Waals surface area (Å²) >= 11 is 0. The highest BCUT2D eigenvalue weighted by Crippen LogP contribution is 2.40. The number of carbonyl (C=O) groups excluding carboxylic acids is 2. The molecular weight excluding hydrogens is 452 g/mol. The van der Waals surface area contributed by atoms with Crippen molar-refractivity contribution in [3.8, 4) is 5.75 Å². The van der Waals surface area contributed by atoms with Crippen LogP contribution in [0.3, 0.4) is 0 Å². The van der Waals surface area contributed by atoms with Gasteiger partial charge in [-0.25, -0.2) is 0 Å². The van der Waals surface area contributed by atoms with E-state index >= 15 is 0 Å². The smallest absolute Gasteiger partial charge is 0.255 e. The summed E-state index contributed by atoms with van der Waals surface area (Å²) in [4.78, 5) is 28.7. The van der Waals surface area contributed by atoms with Crippen molar-refractivity contribution in [2.24, 2.45) is 5.92 Å². The first-order valence-corrected chi connectivity index (χ1v) is 12.0. The number of hydrogen-bond acceptors (Lipinski definition) is 5. The number of ether oxygens (including phenoxy) is 1. The molecule has 1 atom stereocenters. The Morgan fingerprint density at radius 1 is 1.09 bits per heavy atom. The van der Waals surface area contributed by atoms with E-state index in [0.29, 0.717) is 23.7 Å². The summed E-state index contributed by atoms with van der Waals surface area (Å²) in [5.74, 6) is 1.37. The Hall–Kier alpha value is -2.77. The van der Waals surface area contributed by atoms with Gasteiger partial charge in [-0.2, -0.15) is 0 Å². The van der Waals surface area contributed by atoms with E-state index in [9.17, 15) is 9.59 Å². The minimum atomic E-state index is -0.213. The summed E-state index contributed by atoms with van der Waals surface area (Å²) in [5, 5.41) is 10.1. The molecule has 0 radical (unpaired) electrons. The zero-order valence-corrected chi connectivity index (χ0v) is 20.5. The van der Waals surface area contributed by atoms with Gasteiger partial charge >= 0.3 is 0 Å². The lowest BCUT2D eigenvalue weighted by Gasteiger charge is -2.31. The van der Waals surface area contributed by atoms with Crippen molar-refractivity contribution < 1.29 is 14.3 Å². The van der Waals surface area contributed by atoms with E-state index in [1.165, 1.54) is 12.8 Å². The van der Waals surface area contributed by atoms with Crippen LogP contribution in [-0.2, 0) is 4.79 Å². The Labute approximate surface area is 206 Å². The largest absolute Gasteiger partial charge is 0.493 e. The molecule has 5 rings (SSSR count). The molecule has 3 heterocycles. The summed E-state index contributed by atoms with van der Waals surface area (Å²) in [5.41, 5.74) is 4.83. The minimum absolute atomic E-state index is 0. The quantitative estimate of drug-likeness (QED) is 0.449. The van der Waals surface area contributed by atoms with Gasteiger partial charge in [0.05, 0.1) is 23.9 Å². The first-order valence-electron chi connectivity index (χ1n) is 12.0. The second-order valence-electron chi connectivity index (χ2n) is 9.45. The fourth-order valence-corrected chi connectivity index (χ4v) is 4.76. The highest BCUT2D eigenvalue weighted by Gasteiger charge is 2.33. The van der Waals surface area contributed by atoms with E-state index in [4.69, 9.17) is 4.74 Å². The predicted octanol–water partition coefficient (Wildman–Crippen LogP) is 3.72. The van der Waals surface area contributed by atoms with Gasteiger partial charge in [0, 0.05) is 34.6 Å². The van der Waals surface area contributed by atoms with Gasteiger partial charge in [-0.3, -0.25) is 9.59 Å². The number of ketones is 1. The fourth-order valence-electron chi connectivity index (χ4n) is 4.76. The number of fused-ring (bicyclic) bond motifs is 1. The number of rotatable bonds is 7. The van der Waals surface area contributed by atoms with Crippen LogP contribution in [0.15, 0.2) is 36.2 Å². The van der Waals surface area contributed by atoms with Crippen LogP contribution in [0.4, 0.5) is 0 Å². The number of carbonyl (C=O) groups is 2. The van der Waals surface area contributed by atoms with E-state index in [0.717, 1.165) is 54.2 Å². The number of H-pyrrole nitrogens is 1. The standard InChI is InChI=1S/C26H32N4O3.ClH/c1-15-23(26(32)30-19-7-10-27-11-8-19)25-20(9-12-28-25)24(29-15)21-13-18(16(2)31)5-6-22(21)33-14-17-3-4-17;/h5-6,9,12-13,17,19,24,27-29H,3-4,7-8,10-11,14H2,1-2H3,(H,30,32);1H. The third-order valence-electron chi connectivity index (χ3n) is 6.88. The van der Waals surface area contributed by atoms with E-state index in [2.05, 4.69) is 20.9 Å². The van der Waals surface area contributed by atoms with Gasteiger partial charge in [-0.1, -0.05) is 0 Å². The van der Waals surface area contributed by atoms with Gasteiger partial charge in [0.1, 0.15) is 5.75 Å². The average Bonchev–Trinajstić information content (AvgIpc) is 3.52. The van der Waals surface area contributed by atoms with Gasteiger partial charge in [-0.15, -0.1) is 12.4 Å². The molecule has 0 spiro atoms. The summed E-state index contributed by atoms with van der Waals surface area (Å²) in [7, 11) is 0. The second-order valence-corrected chi connectivity index (χ2v) is 9.45. The van der Waals surface area contributed by atoms with Gasteiger partial charge in [0.2, 0.25) is 0 Å². The summed E-state index contributed by atoms with van der Waals surface area (Å²) in [6.07, 6.45) is 6.16. The van der Waals surface area contributed by atoms with Crippen LogP contribution >= 0.6 is 12.4 Å². The molecular formula is C26H33ClN4O3. The Morgan fingerprint density at radius 2 is 1.85 bits per heavy atom. The molecule has 0 bridgehead atoms. The molecule has 4 N–H and O–H groups in total. The van der Waals surface area contributed by atoms with Crippen molar-refractivity contribution in [2.75, 3.05) is 19.7 Å². The summed E-state index contributed by atoms with van der Waals surface area (Å²) in [6, 6.07) is 7.63. The molecule has 182 valence electrons. The molecule has 8 heteroatoms. The van der Waals surface area contributed by atoms with E-state index in [1.807, 2.05) is 37.4 Å². The maximum Gasteiger partial charge on any atom is 0.255 e. The predicted molar refractivity (Wildman–Crippen MR) is 134 cm³/mol. The summed E-state index contributed by atoms with van der Waals surface area (Å²) in [6.45, 7) is 6.06. The maximum atomic E-state index is 13.3. The van der Waals surface area contributed by atoms with Crippen LogP contribution in [-0.4, -0.2) is 42.4 Å². The van der Waals surface area contributed by atoms with Gasteiger partial charge in [0.15, 0.2) is 5.78 Å². The van der Waals surface area contributed by atoms with Crippen molar-refractivity contribution in [1.29, 1.82) is 0 Å². The molecule has 1 aromatic heterocycles. The van der Waals surface area contributed by atoms with Crippen LogP contribution in [0, 0.1) is 5.92 Å². The number of halogens is 1. The Bertz CT molecular complexity index is 1100. The van der Waals surface area contributed by atoms with Crippen LogP contribution in [0.2, 0.25) is 0 Å². The minimum Gasteiger partial charge on any atom is -0.493 e. The molecule has 1 saturated carbocycles. The monoisotopic (exact) mass is 484 g/mol. The zero-order valence-electron chi connectivity index (χ0n) is 19.7. The van der Waals surface area contributed by atoms with Crippen LogP contribution in [0.1, 0.15) is 72.8 Å². The molecule has 2 aliphatic heterocycles. The van der Waals surface area contributed by atoms with Crippen molar-refractivity contribution in [2.45, 2.75) is 51.6 Å². The van der Waals surface area contributed by atoms with Gasteiger partial charge < -0.3 is 25.7 Å². The fraction of sp³-hybridized carbons (Fsp3) is 0.462. The highest BCUT2D eigenvalue weighted by molar-refractivity contribution is 6.20. The van der Waals surface area contributed by atoms with Crippen LogP contribution < -0.4 is 20.7 Å². The molecule has 1 unspecified atom stereocenters. The van der Waals surface area contributed by atoms with Crippen molar-refractivity contribution in [3.63, 3.8) is 0 Å². The Balaban J connectivity index is 0.00000274. The third-order valence-corrected chi connectivity index (χ3v) is 6.88. The lowest BCUT2D eigenvalue weighted by molar-refractivity contribution is -0.116. The molecule has 2 aromatic rings. The summed E-state index contributed by atoms with van der Waals surface area (Å²) < 4.78 is 6.19. The first kappa shape index (κ1) is 24.4. The normalized spacial score (nSPS) is 20.1. The van der Waals surface area contributed by atoms with Crippen molar-refractivity contribution in [3.05, 3.63) is 58.5 Å². The number of benzene rings is 1. The molecule has 34 heavy (non-hydrogen) atoms. The molecule has 1 amide bonds. The number of aromatic amines is 1. The molecule has 1 aliphatic carbocycles. The zero-order chi connectivity index (χ0) is 22.9. The lowest BCUT2D eigenvalue weighted by Crippen LogP contribution is -2.44. The molecule has 1 saturated heterocycles. The Morgan fingerprint density at radius 3 is 2.56 bits per heavy atom. The molecule has 7 nitrogen and oxygen atoms in total. The van der Waals surface area contributed by atoms with E-state index in [1.54, 1.807) is 6.92 Å². The maximum absolute atomic E-state index is 13.3. The van der Waals surface area contributed by atoms with Crippen LogP contribution in [0.5, 0.6) is 5.75 Å². The Kier molecular flexibility index (Phi) is 7.33. The average molecular weight is 485 g/mol. The van der Waals surface area contributed by atoms with Crippen molar-refractivity contribution in [1.82, 2.24) is 20.9 Å². The molecule has 2 fully saturated rings. The molecule has 1 aromatic carbocycles. The van der Waals surface area contributed by atoms with Crippen molar-refractivity contribution >= 4 is 29.7 Å². The number of nitrogens with one attached hydrogen (secondary N) is 4. The molecule has 3 aliphatic rings. The second kappa shape index (κ2) is 10.2. The third kappa shape index (κ3) is 5.00. The number of amides is 1. The first-order chi connectivity index (χ1) is 16.0. The number of piperidine rings is 1. The van der Waals surface area contributed by atoms with Crippen LogP contribution in [0.25, 0.3) is 5.57 Å².